The largest absolute Gasteiger partial charge is 0.387 e. The maximum atomic E-state index is 10.0. The van der Waals surface area contributed by atoms with Crippen LogP contribution in [0, 0.1) is 6.92 Å². The van der Waals surface area contributed by atoms with Gasteiger partial charge in [-0.1, -0.05) is 35.9 Å². The second-order valence-electron chi connectivity index (χ2n) is 3.84. The summed E-state index contributed by atoms with van der Waals surface area (Å²) in [5.74, 6) is 0. The Hall–Kier alpha value is -1.12. The second-order valence-corrected chi connectivity index (χ2v) is 3.84. The summed E-state index contributed by atoms with van der Waals surface area (Å²) in [6.07, 6.45) is 1.32. The highest BCUT2D eigenvalue weighted by Gasteiger charge is 2.14. The molecule has 0 spiro atoms. The topological polar surface area (TPSA) is 32.3 Å². The minimum atomic E-state index is -0.467. The van der Waals surface area contributed by atoms with Gasteiger partial charge in [0, 0.05) is 12.6 Å². The molecule has 1 rings (SSSR count). The molecule has 1 aromatic carbocycles. The van der Waals surface area contributed by atoms with Gasteiger partial charge in [0.15, 0.2) is 0 Å². The van der Waals surface area contributed by atoms with Gasteiger partial charge in [0.2, 0.25) is 0 Å². The van der Waals surface area contributed by atoms with Crippen LogP contribution in [0.15, 0.2) is 36.9 Å². The van der Waals surface area contributed by atoms with E-state index in [9.17, 15) is 5.11 Å². The molecule has 0 bridgehead atoms. The molecule has 2 atom stereocenters. The van der Waals surface area contributed by atoms with Crippen molar-refractivity contribution in [3.63, 3.8) is 0 Å². The molecule has 0 aliphatic heterocycles. The van der Waals surface area contributed by atoms with E-state index < -0.39 is 6.10 Å². The molecule has 1 aromatic rings. The lowest BCUT2D eigenvalue weighted by Crippen LogP contribution is -2.32. The molecule has 0 saturated heterocycles. The predicted octanol–water partition coefficient (Wildman–Crippen LogP) is 2.19. The number of aliphatic hydroxyl groups is 1. The van der Waals surface area contributed by atoms with Crippen molar-refractivity contribution in [1.82, 2.24) is 5.32 Å². The Morgan fingerprint density at radius 1 is 1.40 bits per heavy atom. The van der Waals surface area contributed by atoms with Crippen molar-refractivity contribution in [2.75, 3.05) is 6.54 Å². The Labute approximate surface area is 91.6 Å². The van der Waals surface area contributed by atoms with E-state index in [4.69, 9.17) is 0 Å². The number of benzene rings is 1. The lowest BCUT2D eigenvalue weighted by atomic mass is 10.0. The summed E-state index contributed by atoms with van der Waals surface area (Å²) in [5, 5.41) is 13.2. The standard InChI is InChI=1S/C13H19NO/c1-4-9-14-11(3)13(15)12-7-5-10(2)6-8-12/h4-8,11,13-15H,1,9H2,2-3H3. The third-order valence-corrected chi connectivity index (χ3v) is 2.48. The zero-order chi connectivity index (χ0) is 11.3. The van der Waals surface area contributed by atoms with Gasteiger partial charge in [-0.15, -0.1) is 6.58 Å². The van der Waals surface area contributed by atoms with Crippen LogP contribution in [0.25, 0.3) is 0 Å². The molecule has 0 heterocycles. The monoisotopic (exact) mass is 205 g/mol. The summed E-state index contributed by atoms with van der Waals surface area (Å²) < 4.78 is 0. The molecule has 2 nitrogen and oxygen atoms in total. The number of aryl methyl sites for hydroxylation is 1. The molecule has 2 N–H and O–H groups in total. The first-order valence-corrected chi connectivity index (χ1v) is 5.24. The Balaban J connectivity index is 2.62. The van der Waals surface area contributed by atoms with E-state index in [1.54, 1.807) is 6.08 Å². The minimum Gasteiger partial charge on any atom is -0.387 e. The molecule has 0 fully saturated rings. The highest BCUT2D eigenvalue weighted by molar-refractivity contribution is 5.23. The van der Waals surface area contributed by atoms with Crippen molar-refractivity contribution in [2.24, 2.45) is 0 Å². The first-order chi connectivity index (χ1) is 7.15. The smallest absolute Gasteiger partial charge is 0.0940 e. The van der Waals surface area contributed by atoms with E-state index in [1.807, 2.05) is 38.1 Å². The van der Waals surface area contributed by atoms with Gasteiger partial charge in [0.05, 0.1) is 6.10 Å². The van der Waals surface area contributed by atoms with Gasteiger partial charge < -0.3 is 10.4 Å². The number of nitrogens with one attached hydrogen (secondary N) is 1. The molecule has 0 saturated carbocycles. The first kappa shape index (κ1) is 12.0. The summed E-state index contributed by atoms with van der Waals surface area (Å²) in [6, 6.07) is 7.99. The molecule has 0 radical (unpaired) electrons. The Morgan fingerprint density at radius 3 is 2.53 bits per heavy atom. The van der Waals surface area contributed by atoms with Crippen molar-refractivity contribution in [3.8, 4) is 0 Å². The van der Waals surface area contributed by atoms with E-state index in [0.717, 1.165) is 5.56 Å². The lowest BCUT2D eigenvalue weighted by Gasteiger charge is -2.20. The highest BCUT2D eigenvalue weighted by atomic mass is 16.3. The Kier molecular flexibility index (Phi) is 4.53. The molecular formula is C13H19NO. The van der Waals surface area contributed by atoms with Crippen LogP contribution < -0.4 is 5.32 Å². The van der Waals surface area contributed by atoms with Crippen LogP contribution in [0.4, 0.5) is 0 Å². The SMILES string of the molecule is C=CCNC(C)C(O)c1ccc(C)cc1. The van der Waals surface area contributed by atoms with Gasteiger partial charge in [-0.3, -0.25) is 0 Å². The summed E-state index contributed by atoms with van der Waals surface area (Å²) in [6.45, 7) is 8.35. The average molecular weight is 205 g/mol. The van der Waals surface area contributed by atoms with Crippen molar-refractivity contribution >= 4 is 0 Å². The van der Waals surface area contributed by atoms with Crippen LogP contribution in [0.5, 0.6) is 0 Å². The normalized spacial score (nSPS) is 14.6. The number of aliphatic hydroxyl groups excluding tert-OH is 1. The number of rotatable bonds is 5. The van der Waals surface area contributed by atoms with Gasteiger partial charge in [0.1, 0.15) is 0 Å². The van der Waals surface area contributed by atoms with E-state index in [0.29, 0.717) is 6.54 Å². The van der Waals surface area contributed by atoms with Crippen LogP contribution in [0.1, 0.15) is 24.2 Å². The van der Waals surface area contributed by atoms with Crippen molar-refractivity contribution in [2.45, 2.75) is 26.0 Å². The molecule has 0 aromatic heterocycles. The van der Waals surface area contributed by atoms with E-state index in [-0.39, 0.29) is 6.04 Å². The van der Waals surface area contributed by atoms with Crippen LogP contribution in [0.2, 0.25) is 0 Å². The molecule has 82 valence electrons. The van der Waals surface area contributed by atoms with Crippen LogP contribution >= 0.6 is 0 Å². The van der Waals surface area contributed by atoms with Gasteiger partial charge in [-0.25, -0.2) is 0 Å². The van der Waals surface area contributed by atoms with Crippen molar-refractivity contribution in [3.05, 3.63) is 48.0 Å². The molecule has 2 unspecified atom stereocenters. The van der Waals surface area contributed by atoms with E-state index in [1.165, 1.54) is 5.56 Å². The molecule has 0 amide bonds. The zero-order valence-electron chi connectivity index (χ0n) is 9.40. The quantitative estimate of drug-likeness (QED) is 0.722. The average Bonchev–Trinajstić information content (AvgIpc) is 2.26. The third kappa shape index (κ3) is 3.50. The Bertz CT molecular complexity index is 305. The molecule has 0 aliphatic carbocycles. The summed E-state index contributed by atoms with van der Waals surface area (Å²) in [7, 11) is 0. The molecule has 2 heteroatoms. The fraction of sp³-hybridized carbons (Fsp3) is 0.385. The van der Waals surface area contributed by atoms with Crippen molar-refractivity contribution < 1.29 is 5.11 Å². The van der Waals surface area contributed by atoms with E-state index in [2.05, 4.69) is 11.9 Å². The fourth-order valence-electron chi connectivity index (χ4n) is 1.43. The maximum absolute atomic E-state index is 10.0. The number of hydrogen-bond donors (Lipinski definition) is 2. The van der Waals surface area contributed by atoms with Gasteiger partial charge >= 0.3 is 0 Å². The summed E-state index contributed by atoms with van der Waals surface area (Å²) in [4.78, 5) is 0. The minimum absolute atomic E-state index is 0.0331. The summed E-state index contributed by atoms with van der Waals surface area (Å²) in [5.41, 5.74) is 2.15. The molecular weight excluding hydrogens is 186 g/mol. The second kappa shape index (κ2) is 5.69. The van der Waals surface area contributed by atoms with Gasteiger partial charge in [-0.2, -0.15) is 0 Å². The van der Waals surface area contributed by atoms with Crippen LogP contribution in [-0.2, 0) is 0 Å². The third-order valence-electron chi connectivity index (χ3n) is 2.48. The fourth-order valence-corrected chi connectivity index (χ4v) is 1.43. The van der Waals surface area contributed by atoms with Gasteiger partial charge in [0.25, 0.3) is 0 Å². The maximum Gasteiger partial charge on any atom is 0.0940 e. The van der Waals surface area contributed by atoms with Crippen LogP contribution in [0.3, 0.4) is 0 Å². The molecule has 0 aliphatic rings. The highest BCUT2D eigenvalue weighted by Crippen LogP contribution is 2.16. The first-order valence-electron chi connectivity index (χ1n) is 5.24. The lowest BCUT2D eigenvalue weighted by molar-refractivity contribution is 0.138. The number of hydrogen-bond acceptors (Lipinski definition) is 2. The van der Waals surface area contributed by atoms with Crippen molar-refractivity contribution in [1.29, 1.82) is 0 Å². The Morgan fingerprint density at radius 2 is 2.00 bits per heavy atom. The van der Waals surface area contributed by atoms with E-state index >= 15 is 0 Å². The molecule has 15 heavy (non-hydrogen) atoms. The predicted molar refractivity (Wildman–Crippen MR) is 63.8 cm³/mol. The van der Waals surface area contributed by atoms with Crippen LogP contribution in [-0.4, -0.2) is 17.7 Å². The van der Waals surface area contributed by atoms with Gasteiger partial charge in [-0.05, 0) is 19.4 Å². The zero-order valence-corrected chi connectivity index (χ0v) is 9.40. The summed E-state index contributed by atoms with van der Waals surface area (Å²) >= 11 is 0.